The van der Waals surface area contributed by atoms with Crippen LogP contribution in [0.15, 0.2) is 23.2 Å². The highest BCUT2D eigenvalue weighted by atomic mass is 127. The normalized spacial score (nSPS) is 15.0. The minimum atomic E-state index is -0.457. The summed E-state index contributed by atoms with van der Waals surface area (Å²) in [5.41, 5.74) is 0.614. The van der Waals surface area contributed by atoms with Gasteiger partial charge in [-0.2, -0.15) is 0 Å². The van der Waals surface area contributed by atoms with Gasteiger partial charge in [-0.25, -0.2) is 4.79 Å². The Morgan fingerprint density at radius 1 is 1.13 bits per heavy atom. The number of benzene rings is 1. The van der Waals surface area contributed by atoms with Crippen LogP contribution < -0.4 is 20.1 Å². The number of piperidine rings is 1. The van der Waals surface area contributed by atoms with E-state index in [1.165, 1.54) is 0 Å². The molecule has 1 aromatic carbocycles. The number of hydrogen-bond acceptors (Lipinski definition) is 5. The third-order valence-corrected chi connectivity index (χ3v) is 4.96. The second-order valence-corrected chi connectivity index (χ2v) is 8.41. The monoisotopic (exact) mass is 548 g/mol. The Labute approximate surface area is 203 Å². The molecule has 1 aliphatic heterocycles. The summed E-state index contributed by atoms with van der Waals surface area (Å²) >= 11 is 0. The van der Waals surface area contributed by atoms with Crippen LogP contribution in [0.1, 0.15) is 39.2 Å². The Kier molecular flexibility index (Phi) is 11.2. The molecule has 2 N–H and O–H groups in total. The predicted octanol–water partition coefficient (Wildman–Crippen LogP) is 3.63. The average Bonchev–Trinajstić information content (AvgIpc) is 2.72. The minimum absolute atomic E-state index is 0. The molecule has 0 spiro atoms. The van der Waals surface area contributed by atoms with E-state index in [0.717, 1.165) is 44.0 Å². The summed E-state index contributed by atoms with van der Waals surface area (Å²) in [7, 11) is 5.01. The highest BCUT2D eigenvalue weighted by Crippen LogP contribution is 2.27. The fourth-order valence-corrected chi connectivity index (χ4v) is 3.28. The SMILES string of the molecule is CN=C(NCc1ccc(OC)c(OC)c1)NCC1CCN(C(=O)OC(C)(C)C)CC1.I. The fraction of sp³-hybridized carbons (Fsp3) is 0.636. The molecule has 1 aliphatic rings. The number of rotatable bonds is 6. The van der Waals surface area contributed by atoms with E-state index in [0.29, 0.717) is 24.0 Å². The number of hydrogen-bond donors (Lipinski definition) is 2. The van der Waals surface area contributed by atoms with E-state index in [-0.39, 0.29) is 30.1 Å². The van der Waals surface area contributed by atoms with Crippen molar-refractivity contribution in [3.8, 4) is 11.5 Å². The number of carbonyl (C=O) groups is 1. The molecule has 1 aromatic rings. The average molecular weight is 548 g/mol. The second-order valence-electron chi connectivity index (χ2n) is 8.41. The molecule has 0 bridgehead atoms. The van der Waals surface area contributed by atoms with Crippen molar-refractivity contribution in [2.45, 2.75) is 45.8 Å². The van der Waals surface area contributed by atoms with Gasteiger partial charge >= 0.3 is 6.09 Å². The number of guanidine groups is 1. The Hall–Kier alpha value is -1.91. The lowest BCUT2D eigenvalue weighted by Crippen LogP contribution is -2.45. The molecule has 0 atom stereocenters. The van der Waals surface area contributed by atoms with E-state index in [1.807, 2.05) is 39.0 Å². The molecule has 1 heterocycles. The van der Waals surface area contributed by atoms with Crippen molar-refractivity contribution in [1.29, 1.82) is 0 Å². The first-order chi connectivity index (χ1) is 14.3. The molecule has 31 heavy (non-hydrogen) atoms. The van der Waals surface area contributed by atoms with Crippen molar-refractivity contribution in [2.24, 2.45) is 10.9 Å². The third kappa shape index (κ3) is 9.00. The van der Waals surface area contributed by atoms with Crippen molar-refractivity contribution in [1.82, 2.24) is 15.5 Å². The van der Waals surface area contributed by atoms with Crippen LogP contribution in [-0.2, 0) is 11.3 Å². The molecule has 0 saturated carbocycles. The standard InChI is InChI=1S/C22H36N4O4.HI/c1-22(2,3)30-21(27)26-11-9-16(10-12-26)14-24-20(23-4)25-15-17-7-8-18(28-5)19(13-17)29-6;/h7-8,13,16H,9-12,14-15H2,1-6H3,(H2,23,24,25);1H. The summed E-state index contributed by atoms with van der Waals surface area (Å²) < 4.78 is 16.1. The van der Waals surface area contributed by atoms with E-state index in [2.05, 4.69) is 15.6 Å². The van der Waals surface area contributed by atoms with Gasteiger partial charge in [-0.1, -0.05) is 6.07 Å². The molecule has 0 aromatic heterocycles. The van der Waals surface area contributed by atoms with Crippen LogP contribution in [0.25, 0.3) is 0 Å². The number of carbonyl (C=O) groups excluding carboxylic acids is 1. The molecule has 9 heteroatoms. The van der Waals surface area contributed by atoms with Gasteiger partial charge in [0.1, 0.15) is 5.60 Å². The number of methoxy groups -OCH3 is 2. The van der Waals surface area contributed by atoms with Gasteiger partial charge in [0.2, 0.25) is 0 Å². The van der Waals surface area contributed by atoms with Gasteiger partial charge in [0.25, 0.3) is 0 Å². The number of nitrogens with one attached hydrogen (secondary N) is 2. The third-order valence-electron chi connectivity index (χ3n) is 4.96. The molecule has 8 nitrogen and oxygen atoms in total. The van der Waals surface area contributed by atoms with E-state index in [1.54, 1.807) is 26.2 Å². The van der Waals surface area contributed by atoms with Crippen LogP contribution in [0.2, 0.25) is 0 Å². The maximum Gasteiger partial charge on any atom is 0.410 e. The molecule has 0 aliphatic carbocycles. The molecule has 176 valence electrons. The second kappa shape index (κ2) is 12.8. The summed E-state index contributed by atoms with van der Waals surface area (Å²) in [6.07, 6.45) is 1.67. The van der Waals surface area contributed by atoms with Crippen LogP contribution in [0.3, 0.4) is 0 Å². The molecular formula is C22H37IN4O4. The highest BCUT2D eigenvalue weighted by Gasteiger charge is 2.26. The summed E-state index contributed by atoms with van der Waals surface area (Å²) in [5.74, 6) is 2.65. The van der Waals surface area contributed by atoms with Crippen LogP contribution in [-0.4, -0.2) is 63.5 Å². The van der Waals surface area contributed by atoms with E-state index >= 15 is 0 Å². The lowest BCUT2D eigenvalue weighted by Gasteiger charge is -2.33. The smallest absolute Gasteiger partial charge is 0.410 e. The topological polar surface area (TPSA) is 84.4 Å². The molecule has 2 rings (SSSR count). The first kappa shape index (κ1) is 27.1. The van der Waals surface area contributed by atoms with E-state index < -0.39 is 5.60 Å². The van der Waals surface area contributed by atoms with Gasteiger partial charge in [-0.3, -0.25) is 4.99 Å². The molecular weight excluding hydrogens is 511 g/mol. The van der Waals surface area contributed by atoms with Crippen molar-refractivity contribution >= 4 is 36.0 Å². The Morgan fingerprint density at radius 2 is 1.77 bits per heavy atom. The van der Waals surface area contributed by atoms with Gasteiger partial charge in [0.05, 0.1) is 14.2 Å². The van der Waals surface area contributed by atoms with Crippen molar-refractivity contribution in [2.75, 3.05) is 40.9 Å². The molecule has 1 fully saturated rings. The lowest BCUT2D eigenvalue weighted by atomic mass is 9.97. The van der Waals surface area contributed by atoms with Gasteiger partial charge in [0.15, 0.2) is 17.5 Å². The number of amides is 1. The molecule has 0 unspecified atom stereocenters. The predicted molar refractivity (Wildman–Crippen MR) is 134 cm³/mol. The minimum Gasteiger partial charge on any atom is -0.493 e. The summed E-state index contributed by atoms with van der Waals surface area (Å²) in [4.78, 5) is 18.3. The Morgan fingerprint density at radius 3 is 2.32 bits per heavy atom. The maximum absolute atomic E-state index is 12.2. The first-order valence-electron chi connectivity index (χ1n) is 10.4. The summed E-state index contributed by atoms with van der Waals surface area (Å²) in [5, 5.41) is 6.72. The van der Waals surface area contributed by atoms with Gasteiger partial charge < -0.3 is 29.7 Å². The van der Waals surface area contributed by atoms with Crippen LogP contribution in [0, 0.1) is 5.92 Å². The summed E-state index contributed by atoms with van der Waals surface area (Å²) in [6.45, 7) is 8.55. The zero-order valence-electron chi connectivity index (χ0n) is 19.5. The van der Waals surface area contributed by atoms with Gasteiger partial charge in [0, 0.05) is 33.2 Å². The van der Waals surface area contributed by atoms with E-state index in [9.17, 15) is 4.79 Å². The number of aliphatic imine (C=N–C) groups is 1. The number of nitrogens with zero attached hydrogens (tertiary/aromatic N) is 2. The van der Waals surface area contributed by atoms with Crippen LogP contribution in [0.4, 0.5) is 4.79 Å². The molecule has 1 amide bonds. The maximum atomic E-state index is 12.2. The van der Waals surface area contributed by atoms with Crippen molar-refractivity contribution in [3.63, 3.8) is 0 Å². The van der Waals surface area contributed by atoms with Gasteiger partial charge in [-0.15, -0.1) is 24.0 Å². The van der Waals surface area contributed by atoms with Crippen LogP contribution in [0.5, 0.6) is 11.5 Å². The fourth-order valence-electron chi connectivity index (χ4n) is 3.28. The first-order valence-corrected chi connectivity index (χ1v) is 10.4. The number of halogens is 1. The quantitative estimate of drug-likeness (QED) is 0.321. The number of ether oxygens (including phenoxy) is 3. The lowest BCUT2D eigenvalue weighted by molar-refractivity contribution is 0.0185. The van der Waals surface area contributed by atoms with Gasteiger partial charge in [-0.05, 0) is 57.2 Å². The highest BCUT2D eigenvalue weighted by molar-refractivity contribution is 14.0. The van der Waals surface area contributed by atoms with Crippen molar-refractivity contribution < 1.29 is 19.0 Å². The zero-order valence-corrected chi connectivity index (χ0v) is 21.8. The van der Waals surface area contributed by atoms with Crippen molar-refractivity contribution in [3.05, 3.63) is 23.8 Å². The Balaban J connectivity index is 0.00000480. The molecule has 0 radical (unpaired) electrons. The largest absolute Gasteiger partial charge is 0.493 e. The molecule has 1 saturated heterocycles. The van der Waals surface area contributed by atoms with E-state index in [4.69, 9.17) is 14.2 Å². The zero-order chi connectivity index (χ0) is 22.1. The Bertz CT molecular complexity index is 729. The van der Waals surface area contributed by atoms with Crippen LogP contribution >= 0.6 is 24.0 Å². The number of likely N-dealkylation sites (tertiary alicyclic amines) is 1. The summed E-state index contributed by atoms with van der Waals surface area (Å²) in [6, 6.07) is 5.84.